The van der Waals surface area contributed by atoms with Gasteiger partial charge in [0, 0.05) is 24.4 Å². The highest BCUT2D eigenvalue weighted by molar-refractivity contribution is 5.10. The lowest BCUT2D eigenvalue weighted by atomic mass is 9.85. The van der Waals surface area contributed by atoms with Crippen molar-refractivity contribution in [2.75, 3.05) is 13.1 Å². The van der Waals surface area contributed by atoms with Gasteiger partial charge in [0.1, 0.15) is 0 Å². The smallest absolute Gasteiger partial charge is 0.0492 e. The van der Waals surface area contributed by atoms with Gasteiger partial charge in [-0.2, -0.15) is 5.10 Å². The molecule has 1 aromatic rings. The number of aromatic nitrogens is 2. The summed E-state index contributed by atoms with van der Waals surface area (Å²) in [5.41, 5.74) is 1.46. The molecule has 20 heavy (non-hydrogen) atoms. The molecular weight excluding hydrogens is 246 g/mol. The first-order valence-corrected chi connectivity index (χ1v) is 8.44. The van der Waals surface area contributed by atoms with Gasteiger partial charge in [-0.05, 0) is 50.8 Å². The van der Waals surface area contributed by atoms with E-state index in [0.717, 1.165) is 31.5 Å². The van der Waals surface area contributed by atoms with Crippen LogP contribution in [0, 0.1) is 11.8 Å². The molecule has 2 atom stereocenters. The van der Waals surface area contributed by atoms with Gasteiger partial charge >= 0.3 is 0 Å². The van der Waals surface area contributed by atoms with Gasteiger partial charge in [-0.3, -0.25) is 4.68 Å². The van der Waals surface area contributed by atoms with E-state index in [1.807, 2.05) is 6.20 Å². The van der Waals surface area contributed by atoms with Crippen molar-refractivity contribution in [3.63, 3.8) is 0 Å². The van der Waals surface area contributed by atoms with Crippen molar-refractivity contribution in [3.8, 4) is 0 Å². The largest absolute Gasteiger partial charge is 0.316 e. The van der Waals surface area contributed by atoms with Crippen molar-refractivity contribution >= 4 is 0 Å². The molecule has 1 aliphatic carbocycles. The Bertz CT molecular complexity index is 383. The minimum absolute atomic E-state index is 0.694. The number of nitrogens with zero attached hydrogens (tertiary/aromatic N) is 2. The van der Waals surface area contributed by atoms with Crippen molar-refractivity contribution < 1.29 is 0 Å². The summed E-state index contributed by atoms with van der Waals surface area (Å²) in [6, 6.07) is 2.24. The summed E-state index contributed by atoms with van der Waals surface area (Å²) in [5.74, 6) is 2.21. The number of hydrogen-bond acceptors (Lipinski definition) is 2. The van der Waals surface area contributed by atoms with Gasteiger partial charge in [0.25, 0.3) is 0 Å². The van der Waals surface area contributed by atoms with Gasteiger partial charge in [-0.1, -0.05) is 33.1 Å². The SMILES string of the molecule is CCn1nccc1C1CCCCCC1CNCC(C)C. The number of nitrogens with one attached hydrogen (secondary N) is 1. The molecule has 3 heteroatoms. The van der Waals surface area contributed by atoms with Crippen LogP contribution in [0.3, 0.4) is 0 Å². The maximum absolute atomic E-state index is 4.48. The molecule has 1 heterocycles. The molecule has 0 saturated heterocycles. The maximum Gasteiger partial charge on any atom is 0.0492 e. The third-order valence-electron chi connectivity index (χ3n) is 4.55. The molecule has 2 unspecified atom stereocenters. The minimum Gasteiger partial charge on any atom is -0.316 e. The van der Waals surface area contributed by atoms with Crippen LogP contribution in [0.15, 0.2) is 12.3 Å². The van der Waals surface area contributed by atoms with E-state index in [9.17, 15) is 0 Å². The van der Waals surface area contributed by atoms with Crippen LogP contribution in [0.1, 0.15) is 64.5 Å². The fourth-order valence-electron chi connectivity index (χ4n) is 3.50. The van der Waals surface area contributed by atoms with Gasteiger partial charge in [-0.25, -0.2) is 0 Å². The second-order valence-electron chi connectivity index (χ2n) is 6.63. The molecule has 1 aromatic heterocycles. The summed E-state index contributed by atoms with van der Waals surface area (Å²) >= 11 is 0. The monoisotopic (exact) mass is 277 g/mol. The molecule has 114 valence electrons. The van der Waals surface area contributed by atoms with Gasteiger partial charge in [-0.15, -0.1) is 0 Å². The topological polar surface area (TPSA) is 29.9 Å². The van der Waals surface area contributed by atoms with Crippen LogP contribution in [0.25, 0.3) is 0 Å². The maximum atomic E-state index is 4.48. The molecule has 0 spiro atoms. The molecule has 2 rings (SSSR count). The highest BCUT2D eigenvalue weighted by Crippen LogP contribution is 2.36. The Balaban J connectivity index is 2.05. The predicted molar refractivity (Wildman–Crippen MR) is 84.9 cm³/mol. The second kappa shape index (κ2) is 7.82. The molecule has 1 saturated carbocycles. The van der Waals surface area contributed by atoms with E-state index in [4.69, 9.17) is 0 Å². The molecule has 0 radical (unpaired) electrons. The zero-order chi connectivity index (χ0) is 14.4. The van der Waals surface area contributed by atoms with Gasteiger partial charge in [0.2, 0.25) is 0 Å². The van der Waals surface area contributed by atoms with Crippen LogP contribution in [-0.2, 0) is 6.54 Å². The Hall–Kier alpha value is -0.830. The van der Waals surface area contributed by atoms with Crippen LogP contribution in [-0.4, -0.2) is 22.9 Å². The van der Waals surface area contributed by atoms with Crippen molar-refractivity contribution in [1.29, 1.82) is 0 Å². The summed E-state index contributed by atoms with van der Waals surface area (Å²) in [5, 5.41) is 8.16. The van der Waals surface area contributed by atoms with Gasteiger partial charge in [0.05, 0.1) is 0 Å². The van der Waals surface area contributed by atoms with E-state index in [1.54, 1.807) is 0 Å². The van der Waals surface area contributed by atoms with Crippen molar-refractivity contribution in [2.24, 2.45) is 11.8 Å². The Labute approximate surface area is 124 Å². The Kier molecular flexibility index (Phi) is 6.08. The van der Waals surface area contributed by atoms with Crippen molar-refractivity contribution in [3.05, 3.63) is 18.0 Å². The zero-order valence-corrected chi connectivity index (χ0v) is 13.4. The Morgan fingerprint density at radius 1 is 1.30 bits per heavy atom. The lowest BCUT2D eigenvalue weighted by Crippen LogP contribution is -2.30. The Morgan fingerprint density at radius 2 is 2.10 bits per heavy atom. The summed E-state index contributed by atoms with van der Waals surface area (Å²) in [6.45, 7) is 10.0. The zero-order valence-electron chi connectivity index (χ0n) is 13.4. The molecule has 0 amide bonds. The van der Waals surface area contributed by atoms with Crippen LogP contribution >= 0.6 is 0 Å². The fourth-order valence-corrected chi connectivity index (χ4v) is 3.50. The average Bonchev–Trinajstić information content (AvgIpc) is 2.78. The molecule has 0 bridgehead atoms. The fraction of sp³-hybridized carbons (Fsp3) is 0.824. The average molecular weight is 277 g/mol. The molecule has 0 aromatic carbocycles. The van der Waals surface area contributed by atoms with Gasteiger partial charge in [0.15, 0.2) is 0 Å². The lowest BCUT2D eigenvalue weighted by molar-refractivity contribution is 0.351. The van der Waals surface area contributed by atoms with E-state index in [2.05, 4.69) is 41.9 Å². The number of rotatable bonds is 6. The minimum atomic E-state index is 0.694. The molecule has 1 fully saturated rings. The summed E-state index contributed by atoms with van der Waals surface area (Å²) in [7, 11) is 0. The van der Waals surface area contributed by atoms with Crippen LogP contribution in [0.5, 0.6) is 0 Å². The van der Waals surface area contributed by atoms with E-state index in [1.165, 1.54) is 37.8 Å². The van der Waals surface area contributed by atoms with E-state index in [0.29, 0.717) is 5.92 Å². The normalized spacial score (nSPS) is 24.0. The van der Waals surface area contributed by atoms with E-state index in [-0.39, 0.29) is 0 Å². The van der Waals surface area contributed by atoms with Crippen LogP contribution < -0.4 is 5.32 Å². The quantitative estimate of drug-likeness (QED) is 0.801. The second-order valence-corrected chi connectivity index (χ2v) is 6.63. The first-order valence-electron chi connectivity index (χ1n) is 8.44. The first-order chi connectivity index (χ1) is 9.72. The summed E-state index contributed by atoms with van der Waals surface area (Å²) in [4.78, 5) is 0. The third kappa shape index (κ3) is 4.08. The molecule has 1 N–H and O–H groups in total. The predicted octanol–water partition coefficient (Wildman–Crippen LogP) is 3.81. The van der Waals surface area contributed by atoms with Crippen LogP contribution in [0.2, 0.25) is 0 Å². The van der Waals surface area contributed by atoms with Crippen molar-refractivity contribution in [2.45, 2.75) is 65.3 Å². The molecule has 1 aliphatic rings. The molecular formula is C17H31N3. The summed E-state index contributed by atoms with van der Waals surface area (Å²) < 4.78 is 2.20. The highest BCUT2D eigenvalue weighted by atomic mass is 15.3. The lowest BCUT2D eigenvalue weighted by Gasteiger charge is -2.26. The standard InChI is InChI=1S/C17H31N3/c1-4-20-17(10-11-19-20)16-9-7-5-6-8-15(16)13-18-12-14(2)3/h10-11,14-16,18H,4-9,12-13H2,1-3H3. The van der Waals surface area contributed by atoms with E-state index >= 15 is 0 Å². The van der Waals surface area contributed by atoms with E-state index < -0.39 is 0 Å². The Morgan fingerprint density at radius 3 is 2.85 bits per heavy atom. The number of aryl methyl sites for hydroxylation is 1. The van der Waals surface area contributed by atoms with Crippen molar-refractivity contribution in [1.82, 2.24) is 15.1 Å². The summed E-state index contributed by atoms with van der Waals surface area (Å²) in [6.07, 6.45) is 8.84. The van der Waals surface area contributed by atoms with Crippen LogP contribution in [0.4, 0.5) is 0 Å². The van der Waals surface area contributed by atoms with Gasteiger partial charge < -0.3 is 5.32 Å². The molecule has 0 aliphatic heterocycles. The number of hydrogen-bond donors (Lipinski definition) is 1. The third-order valence-corrected chi connectivity index (χ3v) is 4.55. The first kappa shape index (κ1) is 15.6. The molecule has 3 nitrogen and oxygen atoms in total. The highest BCUT2D eigenvalue weighted by Gasteiger charge is 2.27.